The number of pyridine rings is 1. The zero-order valence-electron chi connectivity index (χ0n) is 19.6. The normalized spacial score (nSPS) is 17.3. The van der Waals surface area contributed by atoms with E-state index in [9.17, 15) is 9.18 Å². The number of anilines is 1. The minimum atomic E-state index is -0.213. The predicted molar refractivity (Wildman–Crippen MR) is 138 cm³/mol. The minimum Gasteiger partial charge on any atom is -0.324 e. The van der Waals surface area contributed by atoms with E-state index in [1.165, 1.54) is 11.6 Å². The Bertz CT molecular complexity index is 1350. The first-order valence-electron chi connectivity index (χ1n) is 12.3. The summed E-state index contributed by atoms with van der Waals surface area (Å²) in [6, 6.07) is 25.1. The molecule has 4 aromatic rings. The molecule has 6 rings (SSSR count). The summed E-state index contributed by atoms with van der Waals surface area (Å²) in [7, 11) is 0. The van der Waals surface area contributed by atoms with Gasteiger partial charge in [-0.1, -0.05) is 42.5 Å². The first kappa shape index (κ1) is 21.8. The molecule has 35 heavy (non-hydrogen) atoms. The molecule has 1 aliphatic heterocycles. The van der Waals surface area contributed by atoms with Crippen LogP contribution in [0.3, 0.4) is 0 Å². The van der Waals surface area contributed by atoms with Crippen molar-refractivity contribution in [1.29, 1.82) is 0 Å². The second-order valence-electron chi connectivity index (χ2n) is 10.0. The Morgan fingerprint density at radius 2 is 1.63 bits per heavy atom. The molecule has 2 fully saturated rings. The fourth-order valence-electron chi connectivity index (χ4n) is 5.87. The van der Waals surface area contributed by atoms with Gasteiger partial charge in [-0.2, -0.15) is 0 Å². The van der Waals surface area contributed by atoms with E-state index in [1.807, 2.05) is 59.6 Å². The molecule has 1 spiro atoms. The molecule has 1 aliphatic carbocycles. The number of urea groups is 1. The molecular formula is C30H28FN3O. The number of hydrogen-bond donors (Lipinski definition) is 1. The summed E-state index contributed by atoms with van der Waals surface area (Å²) in [5, 5.41) is 3.99. The van der Waals surface area contributed by atoms with Crippen LogP contribution in [0, 0.1) is 11.2 Å². The van der Waals surface area contributed by atoms with Gasteiger partial charge in [0.05, 0.1) is 5.52 Å². The first-order valence-corrected chi connectivity index (χ1v) is 12.3. The number of aromatic nitrogens is 1. The molecular weight excluding hydrogens is 437 g/mol. The van der Waals surface area contributed by atoms with E-state index in [0.717, 1.165) is 66.5 Å². The van der Waals surface area contributed by atoms with Crippen LogP contribution in [0.5, 0.6) is 0 Å². The van der Waals surface area contributed by atoms with Gasteiger partial charge in [-0.15, -0.1) is 0 Å². The second-order valence-corrected chi connectivity index (χ2v) is 10.0. The lowest BCUT2D eigenvalue weighted by Gasteiger charge is -2.52. The largest absolute Gasteiger partial charge is 0.324 e. The van der Waals surface area contributed by atoms with Gasteiger partial charge in [0.15, 0.2) is 0 Å². The van der Waals surface area contributed by atoms with Crippen molar-refractivity contribution in [2.24, 2.45) is 5.41 Å². The fraction of sp³-hybridized carbons (Fsp3) is 0.267. The lowest BCUT2D eigenvalue weighted by molar-refractivity contribution is 0.0295. The molecule has 4 nitrogen and oxygen atoms in total. The number of nitrogens with zero attached hydrogens (tertiary/aromatic N) is 2. The summed E-state index contributed by atoms with van der Waals surface area (Å²) in [6.07, 6.45) is 6.06. The smallest absolute Gasteiger partial charge is 0.321 e. The van der Waals surface area contributed by atoms with Crippen LogP contribution in [0.2, 0.25) is 0 Å². The van der Waals surface area contributed by atoms with E-state index in [4.69, 9.17) is 0 Å². The SMILES string of the molecule is O=C(Nc1ccc(-c2ccccc2)cc1)N1CCC2(CC1)CC(c1ccnc3ccc(F)cc13)C2. The van der Waals surface area contributed by atoms with Gasteiger partial charge < -0.3 is 10.2 Å². The summed E-state index contributed by atoms with van der Waals surface area (Å²) in [5.74, 6) is 0.223. The third-order valence-corrected chi connectivity index (χ3v) is 7.89. The molecule has 2 heterocycles. The van der Waals surface area contributed by atoms with E-state index in [0.29, 0.717) is 11.3 Å². The molecule has 1 saturated carbocycles. The maximum Gasteiger partial charge on any atom is 0.321 e. The number of rotatable bonds is 3. The highest BCUT2D eigenvalue weighted by atomic mass is 19.1. The molecule has 176 valence electrons. The lowest BCUT2D eigenvalue weighted by Crippen LogP contribution is -2.49. The Morgan fingerprint density at radius 3 is 2.37 bits per heavy atom. The van der Waals surface area contributed by atoms with Crippen LogP contribution in [0.15, 0.2) is 85.1 Å². The summed E-state index contributed by atoms with van der Waals surface area (Å²) < 4.78 is 13.9. The highest BCUT2D eigenvalue weighted by Gasteiger charge is 2.47. The van der Waals surface area contributed by atoms with Crippen LogP contribution in [-0.4, -0.2) is 29.0 Å². The van der Waals surface area contributed by atoms with Gasteiger partial charge >= 0.3 is 6.03 Å². The van der Waals surface area contributed by atoms with Gasteiger partial charge in [0.2, 0.25) is 0 Å². The molecule has 1 N–H and O–H groups in total. The van der Waals surface area contributed by atoms with Crippen LogP contribution < -0.4 is 5.32 Å². The zero-order valence-corrected chi connectivity index (χ0v) is 19.6. The molecule has 2 amide bonds. The molecule has 0 bridgehead atoms. The third-order valence-electron chi connectivity index (χ3n) is 7.89. The molecule has 1 saturated heterocycles. The number of carbonyl (C=O) groups excluding carboxylic acids is 1. The molecule has 0 radical (unpaired) electrons. The zero-order chi connectivity index (χ0) is 23.8. The van der Waals surface area contributed by atoms with Crippen LogP contribution in [0.1, 0.15) is 37.2 Å². The van der Waals surface area contributed by atoms with Crippen molar-refractivity contribution in [2.45, 2.75) is 31.6 Å². The number of benzene rings is 3. The van der Waals surface area contributed by atoms with Gasteiger partial charge in [0.25, 0.3) is 0 Å². The molecule has 3 aromatic carbocycles. The lowest BCUT2D eigenvalue weighted by atomic mass is 9.56. The van der Waals surface area contributed by atoms with E-state index in [2.05, 4.69) is 22.4 Å². The number of nitrogens with one attached hydrogen (secondary N) is 1. The summed E-state index contributed by atoms with van der Waals surface area (Å²) >= 11 is 0. The van der Waals surface area contributed by atoms with E-state index >= 15 is 0 Å². The Kier molecular flexibility index (Phi) is 5.48. The Hall–Kier alpha value is -3.73. The maximum absolute atomic E-state index is 13.9. The van der Waals surface area contributed by atoms with Crippen LogP contribution in [0.4, 0.5) is 14.9 Å². The summed E-state index contributed by atoms with van der Waals surface area (Å²) in [5.41, 5.74) is 5.47. The number of hydrogen-bond acceptors (Lipinski definition) is 2. The topological polar surface area (TPSA) is 45.2 Å². The quantitative estimate of drug-likeness (QED) is 0.347. The highest BCUT2D eigenvalue weighted by Crippen LogP contribution is 2.57. The monoisotopic (exact) mass is 465 g/mol. The number of piperidine rings is 1. The standard InChI is InChI=1S/C30H28FN3O/c31-24-8-11-28-27(18-24)26(12-15-32-28)23-19-30(20-23)13-16-34(17-14-30)29(35)33-25-9-6-22(7-10-25)21-4-2-1-3-5-21/h1-12,15,18,23H,13-14,16-17,19-20H2,(H,33,35). The van der Waals surface area contributed by atoms with Crippen LogP contribution in [-0.2, 0) is 0 Å². The van der Waals surface area contributed by atoms with Crippen molar-refractivity contribution in [2.75, 3.05) is 18.4 Å². The van der Waals surface area contributed by atoms with Crippen molar-refractivity contribution in [3.05, 3.63) is 96.4 Å². The van der Waals surface area contributed by atoms with Crippen molar-refractivity contribution >= 4 is 22.6 Å². The number of carbonyl (C=O) groups is 1. The Balaban J connectivity index is 1.05. The molecule has 1 aromatic heterocycles. The third kappa shape index (κ3) is 4.27. The fourth-order valence-corrected chi connectivity index (χ4v) is 5.87. The Morgan fingerprint density at radius 1 is 0.914 bits per heavy atom. The average molecular weight is 466 g/mol. The molecule has 5 heteroatoms. The highest BCUT2D eigenvalue weighted by molar-refractivity contribution is 5.89. The molecule has 0 unspecified atom stereocenters. The first-order chi connectivity index (χ1) is 17.1. The number of amides is 2. The summed E-state index contributed by atoms with van der Waals surface area (Å²) in [4.78, 5) is 19.2. The number of fused-ring (bicyclic) bond motifs is 1. The van der Waals surface area contributed by atoms with Gasteiger partial charge in [0.1, 0.15) is 5.82 Å². The Labute approximate surface area is 204 Å². The van der Waals surface area contributed by atoms with Crippen molar-refractivity contribution in [3.8, 4) is 11.1 Å². The maximum atomic E-state index is 13.9. The van der Waals surface area contributed by atoms with Gasteiger partial charge in [-0.25, -0.2) is 9.18 Å². The van der Waals surface area contributed by atoms with Crippen molar-refractivity contribution < 1.29 is 9.18 Å². The minimum absolute atomic E-state index is 0.0289. The van der Waals surface area contributed by atoms with Gasteiger partial charge in [0, 0.05) is 30.4 Å². The van der Waals surface area contributed by atoms with E-state index < -0.39 is 0 Å². The van der Waals surface area contributed by atoms with E-state index in [-0.39, 0.29) is 11.8 Å². The van der Waals surface area contributed by atoms with Crippen LogP contribution in [0.25, 0.3) is 22.0 Å². The van der Waals surface area contributed by atoms with E-state index in [1.54, 1.807) is 12.1 Å². The van der Waals surface area contributed by atoms with Gasteiger partial charge in [-0.3, -0.25) is 4.98 Å². The second kappa shape index (κ2) is 8.81. The van der Waals surface area contributed by atoms with Crippen LogP contribution >= 0.6 is 0 Å². The summed E-state index contributed by atoms with van der Waals surface area (Å²) in [6.45, 7) is 1.54. The predicted octanol–water partition coefficient (Wildman–Crippen LogP) is 7.23. The number of halogens is 1. The van der Waals surface area contributed by atoms with Crippen molar-refractivity contribution in [1.82, 2.24) is 9.88 Å². The molecule has 2 aliphatic rings. The number of likely N-dealkylation sites (tertiary alicyclic amines) is 1. The van der Waals surface area contributed by atoms with Crippen molar-refractivity contribution in [3.63, 3.8) is 0 Å². The van der Waals surface area contributed by atoms with Gasteiger partial charge in [-0.05, 0) is 90.1 Å². The molecule has 0 atom stereocenters. The average Bonchev–Trinajstić information content (AvgIpc) is 2.88.